The molecule has 1 aromatic carbocycles. The van der Waals surface area contributed by atoms with Crippen LogP contribution in [-0.4, -0.2) is 30.4 Å². The van der Waals surface area contributed by atoms with Crippen molar-refractivity contribution in [1.29, 1.82) is 0 Å². The second-order valence-corrected chi connectivity index (χ2v) is 6.95. The van der Waals surface area contributed by atoms with Gasteiger partial charge in [-0.05, 0) is 48.9 Å². The third-order valence-electron chi connectivity index (χ3n) is 5.46. The Morgan fingerprint density at radius 1 is 0.846 bits per heavy atom. The Hall–Kier alpha value is -3.28. The summed E-state index contributed by atoms with van der Waals surface area (Å²) in [6.45, 7) is 0. The van der Waals surface area contributed by atoms with E-state index in [9.17, 15) is 0 Å². The second kappa shape index (κ2) is 5.11. The molecule has 0 atom stereocenters. The highest BCUT2D eigenvalue weighted by Crippen LogP contribution is 2.37. The predicted octanol–water partition coefficient (Wildman–Crippen LogP) is 3.93. The number of aromatic amines is 2. The zero-order chi connectivity index (χ0) is 17.1. The average molecular weight is 340 g/mol. The number of pyridine rings is 2. The van der Waals surface area contributed by atoms with Gasteiger partial charge in [0.1, 0.15) is 0 Å². The summed E-state index contributed by atoms with van der Waals surface area (Å²) in [6.07, 6.45) is 10.1. The van der Waals surface area contributed by atoms with Crippen LogP contribution in [0.4, 0.5) is 0 Å². The van der Waals surface area contributed by atoms with Gasteiger partial charge in [0, 0.05) is 21.7 Å². The van der Waals surface area contributed by atoms with Crippen molar-refractivity contribution in [1.82, 2.24) is 30.4 Å². The van der Waals surface area contributed by atoms with Crippen LogP contribution in [0, 0.1) is 0 Å². The normalized spacial score (nSPS) is 14.3. The van der Waals surface area contributed by atoms with Crippen LogP contribution in [0.3, 0.4) is 0 Å². The van der Waals surface area contributed by atoms with Gasteiger partial charge in [-0.1, -0.05) is 6.07 Å². The Morgan fingerprint density at radius 2 is 1.69 bits per heavy atom. The maximum Gasteiger partial charge on any atom is 0.160 e. The van der Waals surface area contributed by atoms with Crippen LogP contribution in [0.15, 0.2) is 36.8 Å². The Morgan fingerprint density at radius 3 is 2.65 bits per heavy atom. The van der Waals surface area contributed by atoms with Crippen molar-refractivity contribution in [3.05, 3.63) is 47.9 Å². The monoisotopic (exact) mass is 340 g/mol. The lowest BCUT2D eigenvalue weighted by Crippen LogP contribution is -2.08. The average Bonchev–Trinajstić information content (AvgIpc) is 3.35. The number of nitrogens with one attached hydrogen (secondary N) is 2. The van der Waals surface area contributed by atoms with Crippen molar-refractivity contribution in [3.63, 3.8) is 0 Å². The lowest BCUT2D eigenvalue weighted by atomic mass is 9.86. The molecule has 0 amide bonds. The number of nitrogens with zero attached hydrogens (tertiary/aromatic N) is 4. The number of H-pyrrole nitrogens is 2. The molecular formula is C20H16N6. The third kappa shape index (κ3) is 1.87. The standard InChI is InChI=1S/C20H16N6/c1-2-4-14-13(3-1)18-15-9-23-26-17(15)10-21-20(18)24-19(14)11-5-6-16-12(7-11)8-22-25-16/h5-10H,1-4H2,(H,22,25)(H,23,26). The Bertz CT molecular complexity index is 1300. The van der Waals surface area contributed by atoms with Crippen LogP contribution in [0.2, 0.25) is 0 Å². The SMILES string of the molecule is c1cc2[nH]ncc2cc1-c1nc2ncc3[nH]ncc3c2c2c1CCCC2. The molecule has 0 saturated heterocycles. The minimum atomic E-state index is 0.807. The minimum absolute atomic E-state index is 0.807. The number of benzene rings is 1. The Kier molecular flexibility index (Phi) is 2.74. The first-order chi connectivity index (χ1) is 12.9. The van der Waals surface area contributed by atoms with Gasteiger partial charge >= 0.3 is 0 Å². The van der Waals surface area contributed by atoms with Gasteiger partial charge in [0.2, 0.25) is 0 Å². The molecule has 0 aliphatic heterocycles. The molecule has 26 heavy (non-hydrogen) atoms. The zero-order valence-corrected chi connectivity index (χ0v) is 14.1. The first-order valence-electron chi connectivity index (χ1n) is 8.95. The molecule has 0 radical (unpaired) electrons. The molecule has 126 valence electrons. The van der Waals surface area contributed by atoms with E-state index in [0.717, 1.165) is 51.6 Å². The number of rotatable bonds is 1. The summed E-state index contributed by atoms with van der Waals surface area (Å²) in [6, 6.07) is 6.36. The molecule has 4 aromatic heterocycles. The van der Waals surface area contributed by atoms with E-state index in [1.54, 1.807) is 0 Å². The van der Waals surface area contributed by atoms with Crippen LogP contribution in [0.25, 0.3) is 44.1 Å². The van der Waals surface area contributed by atoms with Crippen LogP contribution >= 0.6 is 0 Å². The second-order valence-electron chi connectivity index (χ2n) is 6.95. The summed E-state index contributed by atoms with van der Waals surface area (Å²) in [5, 5.41) is 17.8. The van der Waals surface area contributed by atoms with Crippen molar-refractivity contribution in [2.45, 2.75) is 25.7 Å². The maximum absolute atomic E-state index is 5.00. The lowest BCUT2D eigenvalue weighted by molar-refractivity contribution is 0.689. The summed E-state index contributed by atoms with van der Waals surface area (Å²) in [7, 11) is 0. The molecule has 6 rings (SSSR count). The molecule has 0 fully saturated rings. The topological polar surface area (TPSA) is 83.1 Å². The first-order valence-corrected chi connectivity index (χ1v) is 8.95. The number of fused-ring (bicyclic) bond motifs is 6. The van der Waals surface area contributed by atoms with Gasteiger partial charge < -0.3 is 0 Å². The highest BCUT2D eigenvalue weighted by Gasteiger charge is 2.22. The van der Waals surface area contributed by atoms with Gasteiger partial charge in [-0.3, -0.25) is 10.2 Å². The van der Waals surface area contributed by atoms with E-state index in [0.29, 0.717) is 0 Å². The predicted molar refractivity (Wildman–Crippen MR) is 101 cm³/mol. The lowest BCUT2D eigenvalue weighted by Gasteiger charge is -2.21. The first kappa shape index (κ1) is 13.9. The highest BCUT2D eigenvalue weighted by molar-refractivity contribution is 6.06. The molecule has 4 heterocycles. The molecule has 5 aromatic rings. The van der Waals surface area contributed by atoms with Crippen LogP contribution in [0.5, 0.6) is 0 Å². The van der Waals surface area contributed by atoms with E-state index in [-0.39, 0.29) is 0 Å². The molecular weight excluding hydrogens is 324 g/mol. The van der Waals surface area contributed by atoms with Gasteiger partial charge in [0.15, 0.2) is 5.65 Å². The molecule has 6 heteroatoms. The van der Waals surface area contributed by atoms with E-state index in [2.05, 4.69) is 43.6 Å². The molecule has 1 aliphatic carbocycles. The fraction of sp³-hybridized carbons (Fsp3) is 0.200. The molecule has 0 saturated carbocycles. The number of aryl methyl sites for hydroxylation is 1. The van der Waals surface area contributed by atoms with Gasteiger partial charge in [0.05, 0.1) is 35.3 Å². The van der Waals surface area contributed by atoms with Crippen LogP contribution in [0.1, 0.15) is 24.0 Å². The van der Waals surface area contributed by atoms with Gasteiger partial charge in [-0.15, -0.1) is 0 Å². The Balaban J connectivity index is 1.71. The zero-order valence-electron chi connectivity index (χ0n) is 14.1. The molecule has 1 aliphatic rings. The summed E-state index contributed by atoms with van der Waals surface area (Å²) in [5.74, 6) is 0. The summed E-state index contributed by atoms with van der Waals surface area (Å²) >= 11 is 0. The molecule has 0 spiro atoms. The minimum Gasteiger partial charge on any atom is -0.278 e. The van der Waals surface area contributed by atoms with Crippen molar-refractivity contribution < 1.29 is 0 Å². The van der Waals surface area contributed by atoms with Crippen LogP contribution in [-0.2, 0) is 12.8 Å². The van der Waals surface area contributed by atoms with E-state index < -0.39 is 0 Å². The van der Waals surface area contributed by atoms with E-state index in [4.69, 9.17) is 4.98 Å². The van der Waals surface area contributed by atoms with E-state index >= 15 is 0 Å². The van der Waals surface area contributed by atoms with Crippen LogP contribution < -0.4 is 0 Å². The molecule has 0 unspecified atom stereocenters. The number of aromatic nitrogens is 6. The largest absolute Gasteiger partial charge is 0.278 e. The van der Waals surface area contributed by atoms with E-state index in [1.165, 1.54) is 29.4 Å². The Labute approximate surface area is 148 Å². The maximum atomic E-state index is 5.00. The van der Waals surface area contributed by atoms with Crippen molar-refractivity contribution in [2.24, 2.45) is 0 Å². The van der Waals surface area contributed by atoms with Gasteiger partial charge in [-0.2, -0.15) is 10.2 Å². The smallest absolute Gasteiger partial charge is 0.160 e. The summed E-state index contributed by atoms with van der Waals surface area (Å²) < 4.78 is 0. The number of hydrogen-bond acceptors (Lipinski definition) is 4. The molecule has 2 N–H and O–H groups in total. The number of hydrogen-bond donors (Lipinski definition) is 2. The van der Waals surface area contributed by atoms with E-state index in [1.807, 2.05) is 18.6 Å². The van der Waals surface area contributed by atoms with Gasteiger partial charge in [0.25, 0.3) is 0 Å². The summed E-state index contributed by atoms with van der Waals surface area (Å²) in [5.41, 5.74) is 7.77. The van der Waals surface area contributed by atoms with Crippen molar-refractivity contribution >= 4 is 32.8 Å². The van der Waals surface area contributed by atoms with Crippen molar-refractivity contribution in [2.75, 3.05) is 0 Å². The molecule has 0 bridgehead atoms. The quantitative estimate of drug-likeness (QED) is 0.484. The molecule has 6 nitrogen and oxygen atoms in total. The summed E-state index contributed by atoms with van der Waals surface area (Å²) in [4.78, 5) is 9.62. The van der Waals surface area contributed by atoms with Crippen molar-refractivity contribution in [3.8, 4) is 11.3 Å². The highest BCUT2D eigenvalue weighted by atomic mass is 15.1. The third-order valence-corrected chi connectivity index (χ3v) is 5.46. The van der Waals surface area contributed by atoms with Gasteiger partial charge in [-0.25, -0.2) is 9.97 Å². The fourth-order valence-corrected chi connectivity index (χ4v) is 4.23. The fourth-order valence-electron chi connectivity index (χ4n) is 4.23.